The number of aromatic nitrogens is 4. The van der Waals surface area contributed by atoms with Gasteiger partial charge in [0, 0.05) is 25.7 Å². The van der Waals surface area contributed by atoms with Crippen molar-refractivity contribution in [3.63, 3.8) is 0 Å². The number of piperidine rings is 1. The molecule has 0 bridgehead atoms. The second kappa shape index (κ2) is 8.96. The van der Waals surface area contributed by atoms with E-state index in [-0.39, 0.29) is 11.6 Å². The summed E-state index contributed by atoms with van der Waals surface area (Å²) in [6, 6.07) is 20.5. The van der Waals surface area contributed by atoms with Gasteiger partial charge in [-0.05, 0) is 30.4 Å². The van der Waals surface area contributed by atoms with Gasteiger partial charge in [0.25, 0.3) is 5.56 Å². The van der Waals surface area contributed by atoms with Crippen LogP contribution in [0.2, 0.25) is 0 Å². The standard InChI is InChI=1S/C25H28N6O/c26-21-12-7-14-29(17-21)25-28-23-22(31(25)16-20-10-5-2-6-11-20)24(32)30(18-27-23)15-13-19-8-3-1-4-9-19/h1-6,8-11,18,21H,7,12-17,26H2. The molecule has 0 spiro atoms. The third-order valence-corrected chi connectivity index (χ3v) is 6.12. The van der Waals surface area contributed by atoms with Crippen molar-refractivity contribution >= 4 is 17.1 Å². The average molecular weight is 429 g/mol. The van der Waals surface area contributed by atoms with Gasteiger partial charge in [0.15, 0.2) is 11.2 Å². The van der Waals surface area contributed by atoms with E-state index in [2.05, 4.69) is 34.1 Å². The third-order valence-electron chi connectivity index (χ3n) is 6.12. The Morgan fingerprint density at radius 1 is 1.00 bits per heavy atom. The lowest BCUT2D eigenvalue weighted by molar-refractivity contribution is 0.495. The predicted molar refractivity (Wildman–Crippen MR) is 127 cm³/mol. The molecule has 3 heterocycles. The van der Waals surface area contributed by atoms with E-state index in [9.17, 15) is 4.79 Å². The van der Waals surface area contributed by atoms with Crippen LogP contribution in [0.15, 0.2) is 71.8 Å². The number of imidazole rings is 1. The van der Waals surface area contributed by atoms with Gasteiger partial charge in [0.2, 0.25) is 5.95 Å². The molecular weight excluding hydrogens is 400 g/mol. The molecule has 32 heavy (non-hydrogen) atoms. The van der Waals surface area contributed by atoms with E-state index < -0.39 is 0 Å². The van der Waals surface area contributed by atoms with Gasteiger partial charge in [-0.15, -0.1) is 0 Å². The molecule has 7 nitrogen and oxygen atoms in total. The monoisotopic (exact) mass is 428 g/mol. The lowest BCUT2D eigenvalue weighted by Crippen LogP contribution is -2.44. The van der Waals surface area contributed by atoms with Crippen molar-refractivity contribution in [2.75, 3.05) is 18.0 Å². The van der Waals surface area contributed by atoms with Crippen molar-refractivity contribution in [3.05, 3.63) is 88.5 Å². The summed E-state index contributed by atoms with van der Waals surface area (Å²) >= 11 is 0. The first-order valence-electron chi connectivity index (χ1n) is 11.2. The number of benzene rings is 2. The maximum Gasteiger partial charge on any atom is 0.279 e. The second-order valence-corrected chi connectivity index (χ2v) is 8.48. The fourth-order valence-corrected chi connectivity index (χ4v) is 4.45. The molecule has 1 aliphatic rings. The van der Waals surface area contributed by atoms with Gasteiger partial charge in [0.1, 0.15) is 6.33 Å². The summed E-state index contributed by atoms with van der Waals surface area (Å²) in [7, 11) is 0. The summed E-state index contributed by atoms with van der Waals surface area (Å²) in [6.07, 6.45) is 4.43. The highest BCUT2D eigenvalue weighted by atomic mass is 16.1. The molecule has 0 saturated carbocycles. The van der Waals surface area contributed by atoms with Gasteiger partial charge in [0.05, 0.1) is 6.54 Å². The van der Waals surface area contributed by atoms with Crippen LogP contribution in [0.1, 0.15) is 24.0 Å². The van der Waals surface area contributed by atoms with Crippen molar-refractivity contribution < 1.29 is 0 Å². The summed E-state index contributed by atoms with van der Waals surface area (Å²) < 4.78 is 3.72. The third kappa shape index (κ3) is 4.16. The molecule has 0 amide bonds. The second-order valence-electron chi connectivity index (χ2n) is 8.48. The molecule has 2 N–H and O–H groups in total. The van der Waals surface area contributed by atoms with Crippen molar-refractivity contribution in [2.24, 2.45) is 5.73 Å². The number of anilines is 1. The van der Waals surface area contributed by atoms with E-state index in [1.165, 1.54) is 5.56 Å². The van der Waals surface area contributed by atoms with E-state index in [1.54, 1.807) is 10.9 Å². The molecule has 1 saturated heterocycles. The van der Waals surface area contributed by atoms with Gasteiger partial charge in [-0.3, -0.25) is 13.9 Å². The van der Waals surface area contributed by atoms with Crippen LogP contribution in [0.25, 0.3) is 11.2 Å². The van der Waals surface area contributed by atoms with Crippen molar-refractivity contribution in [3.8, 4) is 0 Å². The number of aryl methyl sites for hydroxylation is 2. The fraction of sp³-hybridized carbons (Fsp3) is 0.320. The van der Waals surface area contributed by atoms with Gasteiger partial charge in [-0.2, -0.15) is 4.98 Å². The SMILES string of the molecule is NC1CCCN(c2nc3ncn(CCc4ccccc4)c(=O)c3n2Cc2ccccc2)C1. The average Bonchev–Trinajstić information content (AvgIpc) is 3.19. The highest BCUT2D eigenvalue weighted by molar-refractivity contribution is 5.74. The Hall–Kier alpha value is -3.45. The number of hydrogen-bond donors (Lipinski definition) is 1. The van der Waals surface area contributed by atoms with E-state index in [0.717, 1.165) is 43.9 Å². The Kier molecular flexibility index (Phi) is 5.73. The van der Waals surface area contributed by atoms with Crippen LogP contribution in [0.5, 0.6) is 0 Å². The van der Waals surface area contributed by atoms with Gasteiger partial charge < -0.3 is 10.6 Å². The zero-order valence-corrected chi connectivity index (χ0v) is 18.1. The smallest absolute Gasteiger partial charge is 0.279 e. The van der Waals surface area contributed by atoms with Crippen molar-refractivity contribution in [2.45, 2.75) is 38.4 Å². The molecule has 5 rings (SSSR count). The van der Waals surface area contributed by atoms with Crippen LogP contribution < -0.4 is 16.2 Å². The molecule has 1 aliphatic heterocycles. The first-order valence-corrected chi connectivity index (χ1v) is 11.2. The fourth-order valence-electron chi connectivity index (χ4n) is 4.45. The Labute approximate surface area is 187 Å². The molecule has 2 aromatic carbocycles. The molecule has 1 fully saturated rings. The highest BCUT2D eigenvalue weighted by Gasteiger charge is 2.25. The number of fused-ring (bicyclic) bond motifs is 1. The van der Waals surface area contributed by atoms with Crippen LogP contribution in [0, 0.1) is 0 Å². The Balaban J connectivity index is 1.56. The van der Waals surface area contributed by atoms with E-state index in [4.69, 9.17) is 10.7 Å². The van der Waals surface area contributed by atoms with Crippen molar-refractivity contribution in [1.29, 1.82) is 0 Å². The highest BCUT2D eigenvalue weighted by Crippen LogP contribution is 2.24. The van der Waals surface area contributed by atoms with Crippen molar-refractivity contribution in [1.82, 2.24) is 19.1 Å². The zero-order valence-electron chi connectivity index (χ0n) is 18.1. The van der Waals surface area contributed by atoms with E-state index >= 15 is 0 Å². The molecule has 164 valence electrons. The first kappa shape index (κ1) is 20.5. The van der Waals surface area contributed by atoms with E-state index in [1.807, 2.05) is 41.0 Å². The zero-order chi connectivity index (χ0) is 21.9. The molecule has 4 aromatic rings. The minimum Gasteiger partial charge on any atom is -0.341 e. The van der Waals surface area contributed by atoms with Gasteiger partial charge in [-0.25, -0.2) is 4.98 Å². The summed E-state index contributed by atoms with van der Waals surface area (Å²) in [5, 5.41) is 0. The number of hydrogen-bond acceptors (Lipinski definition) is 5. The summed E-state index contributed by atoms with van der Waals surface area (Å²) in [6.45, 7) is 2.76. The molecule has 1 unspecified atom stereocenters. The largest absolute Gasteiger partial charge is 0.341 e. The summed E-state index contributed by atoms with van der Waals surface area (Å²) in [5.74, 6) is 0.782. The van der Waals surface area contributed by atoms with Crippen LogP contribution >= 0.6 is 0 Å². The van der Waals surface area contributed by atoms with Crippen LogP contribution in [-0.2, 0) is 19.5 Å². The Bertz CT molecular complexity index is 1250. The van der Waals surface area contributed by atoms with E-state index in [0.29, 0.717) is 24.3 Å². The van der Waals surface area contributed by atoms with Crippen LogP contribution in [0.3, 0.4) is 0 Å². The maximum atomic E-state index is 13.5. The van der Waals surface area contributed by atoms with Crippen LogP contribution in [-0.4, -0.2) is 38.2 Å². The lowest BCUT2D eigenvalue weighted by Gasteiger charge is -2.31. The predicted octanol–water partition coefficient (Wildman–Crippen LogP) is 2.81. The molecule has 7 heteroatoms. The quantitative estimate of drug-likeness (QED) is 0.511. The Morgan fingerprint density at radius 2 is 1.72 bits per heavy atom. The first-order chi connectivity index (χ1) is 15.7. The summed E-state index contributed by atoms with van der Waals surface area (Å²) in [5.41, 5.74) is 9.56. The maximum absolute atomic E-state index is 13.5. The number of nitrogens with two attached hydrogens (primary N) is 1. The molecule has 2 aromatic heterocycles. The minimum atomic E-state index is -0.0538. The molecule has 1 atom stereocenters. The molecular formula is C25H28N6O. The number of rotatable bonds is 6. The topological polar surface area (TPSA) is 82.0 Å². The normalized spacial score (nSPS) is 16.5. The van der Waals surface area contributed by atoms with Gasteiger partial charge in [-0.1, -0.05) is 60.7 Å². The lowest BCUT2D eigenvalue weighted by atomic mass is 10.1. The Morgan fingerprint density at radius 3 is 2.44 bits per heavy atom. The molecule has 0 radical (unpaired) electrons. The molecule has 0 aliphatic carbocycles. The summed E-state index contributed by atoms with van der Waals surface area (Å²) in [4.78, 5) is 25.1. The minimum absolute atomic E-state index is 0.0538. The number of nitrogens with zero attached hydrogens (tertiary/aromatic N) is 5. The van der Waals surface area contributed by atoms with Crippen LogP contribution in [0.4, 0.5) is 5.95 Å². The van der Waals surface area contributed by atoms with Gasteiger partial charge >= 0.3 is 0 Å².